The lowest BCUT2D eigenvalue weighted by Gasteiger charge is -2.13. The molecular weight excluding hydrogens is 374 g/mol. The summed E-state index contributed by atoms with van der Waals surface area (Å²) in [5.41, 5.74) is -2.20. The van der Waals surface area contributed by atoms with Gasteiger partial charge in [0.1, 0.15) is 0 Å². The highest BCUT2D eigenvalue weighted by atomic mass is 19.4. The molecule has 0 aliphatic rings. The number of alkyl halides is 3. The molecule has 0 radical (unpaired) electrons. The van der Waals surface area contributed by atoms with Gasteiger partial charge in [-0.3, -0.25) is 4.79 Å². The molecule has 2 aromatic carbocycles. The third-order valence-electron chi connectivity index (χ3n) is 3.73. The summed E-state index contributed by atoms with van der Waals surface area (Å²) >= 11 is 0. The molecule has 9 heteroatoms. The Morgan fingerprint density at radius 2 is 1.63 bits per heavy atom. The zero-order valence-corrected chi connectivity index (χ0v) is 13.4. The normalized spacial score (nSPS) is 11.6. The fraction of sp³-hybridized carbons (Fsp3) is 0.111. The van der Waals surface area contributed by atoms with Gasteiger partial charge >= 0.3 is 6.18 Å². The van der Waals surface area contributed by atoms with Gasteiger partial charge in [0, 0.05) is 11.9 Å². The van der Waals surface area contributed by atoms with Crippen LogP contribution in [0, 0.1) is 17.5 Å². The van der Waals surface area contributed by atoms with Crippen LogP contribution < -0.4 is 5.32 Å². The zero-order valence-electron chi connectivity index (χ0n) is 13.4. The Kier molecular flexibility index (Phi) is 4.77. The molecule has 0 spiro atoms. The highest BCUT2D eigenvalue weighted by Gasteiger charge is 2.37. The molecule has 1 amide bonds. The Labute approximate surface area is 148 Å². The number of pyridine rings is 1. The second kappa shape index (κ2) is 6.90. The number of hydrogen-bond donors (Lipinski definition) is 1. The van der Waals surface area contributed by atoms with E-state index in [4.69, 9.17) is 0 Å². The van der Waals surface area contributed by atoms with E-state index in [2.05, 4.69) is 10.3 Å². The van der Waals surface area contributed by atoms with E-state index in [-0.39, 0.29) is 11.1 Å². The topological polar surface area (TPSA) is 42.0 Å². The second-order valence-corrected chi connectivity index (χ2v) is 5.63. The number of aromatic nitrogens is 1. The third kappa shape index (κ3) is 3.86. The standard InChI is InChI=1S/C18H10F6N2O/c19-12-5-9(6-13(20)15(12)21)8-25-17(27)11-7-10-3-1-2-4-14(10)26-16(11)18(22,23)24/h1-7H,8H2,(H,25,27). The van der Waals surface area contributed by atoms with Crippen molar-refractivity contribution in [2.75, 3.05) is 0 Å². The van der Waals surface area contributed by atoms with E-state index >= 15 is 0 Å². The zero-order chi connectivity index (χ0) is 19.8. The van der Waals surface area contributed by atoms with Crippen LogP contribution in [0.4, 0.5) is 26.3 Å². The van der Waals surface area contributed by atoms with E-state index in [0.717, 1.165) is 6.07 Å². The molecule has 1 aromatic heterocycles. The smallest absolute Gasteiger partial charge is 0.348 e. The minimum Gasteiger partial charge on any atom is -0.348 e. The molecule has 0 atom stereocenters. The molecule has 0 saturated heterocycles. The van der Waals surface area contributed by atoms with E-state index in [1.807, 2.05) is 0 Å². The van der Waals surface area contributed by atoms with Crippen LogP contribution in [0.1, 0.15) is 21.6 Å². The third-order valence-corrected chi connectivity index (χ3v) is 3.73. The maximum absolute atomic E-state index is 13.3. The predicted molar refractivity (Wildman–Crippen MR) is 84.2 cm³/mol. The first kappa shape index (κ1) is 18.7. The van der Waals surface area contributed by atoms with Gasteiger partial charge in [0.25, 0.3) is 5.91 Å². The van der Waals surface area contributed by atoms with E-state index in [1.165, 1.54) is 18.2 Å². The van der Waals surface area contributed by atoms with Crippen molar-refractivity contribution in [3.05, 3.63) is 76.7 Å². The summed E-state index contributed by atoms with van der Waals surface area (Å²) < 4.78 is 79.1. The number of halogens is 6. The SMILES string of the molecule is O=C(NCc1cc(F)c(F)c(F)c1)c1cc2ccccc2nc1C(F)(F)F. The quantitative estimate of drug-likeness (QED) is 0.530. The molecule has 140 valence electrons. The highest BCUT2D eigenvalue weighted by molar-refractivity contribution is 5.98. The van der Waals surface area contributed by atoms with Gasteiger partial charge in [-0.25, -0.2) is 18.2 Å². The summed E-state index contributed by atoms with van der Waals surface area (Å²) in [4.78, 5) is 15.8. The van der Waals surface area contributed by atoms with Crippen LogP contribution >= 0.6 is 0 Å². The van der Waals surface area contributed by atoms with Crippen LogP contribution in [0.25, 0.3) is 10.9 Å². The molecule has 1 N–H and O–H groups in total. The maximum atomic E-state index is 13.3. The summed E-state index contributed by atoms with van der Waals surface area (Å²) in [6, 6.07) is 8.26. The summed E-state index contributed by atoms with van der Waals surface area (Å²) in [6.45, 7) is -0.503. The lowest BCUT2D eigenvalue weighted by atomic mass is 10.1. The lowest BCUT2D eigenvalue weighted by molar-refractivity contribution is -0.141. The van der Waals surface area contributed by atoms with E-state index in [0.29, 0.717) is 17.5 Å². The average Bonchev–Trinajstić information content (AvgIpc) is 2.62. The number of rotatable bonds is 3. The van der Waals surface area contributed by atoms with Crippen molar-refractivity contribution in [3.63, 3.8) is 0 Å². The number of hydrogen-bond acceptors (Lipinski definition) is 2. The summed E-state index contributed by atoms with van der Waals surface area (Å²) in [5, 5.41) is 2.45. The molecule has 0 saturated carbocycles. The van der Waals surface area contributed by atoms with Crippen LogP contribution in [-0.4, -0.2) is 10.9 Å². The van der Waals surface area contributed by atoms with E-state index < -0.39 is 47.3 Å². The van der Waals surface area contributed by atoms with Gasteiger partial charge in [0.05, 0.1) is 11.1 Å². The van der Waals surface area contributed by atoms with Gasteiger partial charge in [0.2, 0.25) is 0 Å². The van der Waals surface area contributed by atoms with Crippen LogP contribution in [-0.2, 0) is 12.7 Å². The number of fused-ring (bicyclic) bond motifs is 1. The molecule has 0 unspecified atom stereocenters. The fourth-order valence-corrected chi connectivity index (χ4v) is 2.49. The maximum Gasteiger partial charge on any atom is 0.434 e. The van der Waals surface area contributed by atoms with Crippen molar-refractivity contribution in [3.8, 4) is 0 Å². The monoisotopic (exact) mass is 384 g/mol. The first-order valence-electron chi connectivity index (χ1n) is 7.55. The lowest BCUT2D eigenvalue weighted by Crippen LogP contribution is -2.27. The Bertz CT molecular complexity index is 1010. The molecular formula is C18H10F6N2O. The van der Waals surface area contributed by atoms with Crippen molar-refractivity contribution in [2.24, 2.45) is 0 Å². The minimum atomic E-state index is -4.88. The van der Waals surface area contributed by atoms with E-state index in [1.54, 1.807) is 6.07 Å². The number of benzene rings is 2. The predicted octanol–water partition coefficient (Wildman–Crippen LogP) is 4.60. The Balaban J connectivity index is 1.93. The molecule has 0 aliphatic carbocycles. The summed E-state index contributed by atoms with van der Waals surface area (Å²) in [7, 11) is 0. The Morgan fingerprint density at radius 1 is 1.00 bits per heavy atom. The number of carbonyl (C=O) groups is 1. The number of para-hydroxylation sites is 1. The molecule has 3 rings (SSSR count). The van der Waals surface area contributed by atoms with Crippen LogP contribution in [0.3, 0.4) is 0 Å². The Hall–Kier alpha value is -3.10. The van der Waals surface area contributed by atoms with Crippen LogP contribution in [0.15, 0.2) is 42.5 Å². The molecule has 0 fully saturated rings. The number of nitrogens with zero attached hydrogens (tertiary/aromatic N) is 1. The number of carbonyl (C=O) groups excluding carboxylic acids is 1. The molecule has 27 heavy (non-hydrogen) atoms. The van der Waals surface area contributed by atoms with E-state index in [9.17, 15) is 31.1 Å². The molecule has 0 aliphatic heterocycles. The fourth-order valence-electron chi connectivity index (χ4n) is 2.49. The molecule has 3 nitrogen and oxygen atoms in total. The van der Waals surface area contributed by atoms with Gasteiger partial charge in [-0.1, -0.05) is 18.2 Å². The number of amides is 1. The minimum absolute atomic E-state index is 0.0593. The van der Waals surface area contributed by atoms with Gasteiger partial charge < -0.3 is 5.32 Å². The van der Waals surface area contributed by atoms with Crippen molar-refractivity contribution < 1.29 is 31.1 Å². The van der Waals surface area contributed by atoms with Gasteiger partial charge in [-0.05, 0) is 29.8 Å². The highest BCUT2D eigenvalue weighted by Crippen LogP contribution is 2.32. The number of nitrogens with one attached hydrogen (secondary N) is 1. The van der Waals surface area contributed by atoms with Crippen molar-refractivity contribution >= 4 is 16.8 Å². The largest absolute Gasteiger partial charge is 0.434 e. The summed E-state index contributed by atoms with van der Waals surface area (Å²) in [5.74, 6) is -5.75. The average molecular weight is 384 g/mol. The van der Waals surface area contributed by atoms with Crippen molar-refractivity contribution in [2.45, 2.75) is 12.7 Å². The first-order valence-corrected chi connectivity index (χ1v) is 7.55. The van der Waals surface area contributed by atoms with Crippen molar-refractivity contribution in [1.82, 2.24) is 10.3 Å². The Morgan fingerprint density at radius 3 is 2.26 bits per heavy atom. The van der Waals surface area contributed by atoms with Gasteiger partial charge in [-0.15, -0.1) is 0 Å². The summed E-state index contributed by atoms with van der Waals surface area (Å²) in [6.07, 6.45) is -4.88. The molecule has 0 bridgehead atoms. The second-order valence-electron chi connectivity index (χ2n) is 5.63. The molecule has 3 aromatic rings. The van der Waals surface area contributed by atoms with Gasteiger partial charge in [0.15, 0.2) is 23.1 Å². The first-order chi connectivity index (χ1) is 12.7. The van der Waals surface area contributed by atoms with Gasteiger partial charge in [-0.2, -0.15) is 13.2 Å². The molecule has 1 heterocycles. The van der Waals surface area contributed by atoms with Crippen molar-refractivity contribution in [1.29, 1.82) is 0 Å². The van der Waals surface area contributed by atoms with Crippen LogP contribution in [0.2, 0.25) is 0 Å². The van der Waals surface area contributed by atoms with Crippen LogP contribution in [0.5, 0.6) is 0 Å².